The lowest BCUT2D eigenvalue weighted by molar-refractivity contribution is 0.0548. The van der Waals surface area contributed by atoms with Crippen molar-refractivity contribution in [3.63, 3.8) is 0 Å². The van der Waals surface area contributed by atoms with Gasteiger partial charge in [-0.1, -0.05) is 13.3 Å². The second-order valence-electron chi connectivity index (χ2n) is 5.71. The third-order valence-electron chi connectivity index (χ3n) is 4.05. The molecule has 0 aliphatic carbocycles. The van der Waals surface area contributed by atoms with Gasteiger partial charge in [-0.05, 0) is 60.3 Å². The van der Waals surface area contributed by atoms with Gasteiger partial charge in [-0.3, -0.25) is 4.90 Å². The van der Waals surface area contributed by atoms with Crippen molar-refractivity contribution in [3.8, 4) is 0 Å². The van der Waals surface area contributed by atoms with Gasteiger partial charge in [0.25, 0.3) is 0 Å². The van der Waals surface area contributed by atoms with Gasteiger partial charge in [-0.2, -0.15) is 0 Å². The average Bonchev–Trinajstić information content (AvgIpc) is 2.18. The molecule has 0 aromatic carbocycles. The Morgan fingerprint density at radius 3 is 2.27 bits per heavy atom. The molecule has 0 N–H and O–H groups in total. The van der Waals surface area contributed by atoms with E-state index in [1.165, 1.54) is 38.8 Å². The minimum absolute atomic E-state index is 0.370. The standard InChI is InChI=1S/C13H28N2/c1-6-9-13(2,3)15(5)12-7-10-14(4)11-8-12/h12H,6-11H2,1-5H3. The average molecular weight is 212 g/mol. The highest BCUT2D eigenvalue weighted by molar-refractivity contribution is 4.86. The summed E-state index contributed by atoms with van der Waals surface area (Å²) in [6.07, 6.45) is 5.25. The summed E-state index contributed by atoms with van der Waals surface area (Å²) in [6.45, 7) is 9.57. The molecule has 1 fully saturated rings. The van der Waals surface area contributed by atoms with Crippen LogP contribution in [0.4, 0.5) is 0 Å². The maximum Gasteiger partial charge on any atom is 0.0153 e. The van der Waals surface area contributed by atoms with Crippen molar-refractivity contribution in [1.29, 1.82) is 0 Å². The van der Waals surface area contributed by atoms with E-state index in [0.29, 0.717) is 5.54 Å². The Kier molecular flexibility index (Phi) is 4.60. The fraction of sp³-hybridized carbons (Fsp3) is 1.00. The molecule has 15 heavy (non-hydrogen) atoms. The van der Waals surface area contributed by atoms with Crippen molar-refractivity contribution in [2.75, 3.05) is 27.2 Å². The molecule has 1 aliphatic rings. The first-order valence-electron chi connectivity index (χ1n) is 6.39. The van der Waals surface area contributed by atoms with Crippen LogP contribution in [0.5, 0.6) is 0 Å². The second kappa shape index (κ2) is 5.31. The quantitative estimate of drug-likeness (QED) is 0.707. The molecule has 1 rings (SSSR count). The fourth-order valence-electron chi connectivity index (χ4n) is 2.66. The highest BCUT2D eigenvalue weighted by Gasteiger charge is 2.30. The lowest BCUT2D eigenvalue weighted by atomic mass is 9.92. The number of likely N-dealkylation sites (tertiary alicyclic amines) is 1. The van der Waals surface area contributed by atoms with Gasteiger partial charge < -0.3 is 4.90 Å². The van der Waals surface area contributed by atoms with Crippen molar-refractivity contribution in [2.24, 2.45) is 0 Å². The maximum absolute atomic E-state index is 2.61. The molecule has 1 saturated heterocycles. The minimum Gasteiger partial charge on any atom is -0.306 e. The second-order valence-corrected chi connectivity index (χ2v) is 5.71. The molecule has 0 saturated carbocycles. The zero-order chi connectivity index (χ0) is 11.5. The van der Waals surface area contributed by atoms with E-state index >= 15 is 0 Å². The van der Waals surface area contributed by atoms with Crippen LogP contribution in [0.2, 0.25) is 0 Å². The molecule has 1 aliphatic heterocycles. The third kappa shape index (κ3) is 3.46. The summed E-state index contributed by atoms with van der Waals surface area (Å²) >= 11 is 0. The van der Waals surface area contributed by atoms with E-state index in [4.69, 9.17) is 0 Å². The summed E-state index contributed by atoms with van der Waals surface area (Å²) in [6, 6.07) is 0.794. The summed E-state index contributed by atoms with van der Waals surface area (Å²) in [5.74, 6) is 0. The Bertz CT molecular complexity index is 181. The van der Waals surface area contributed by atoms with Crippen molar-refractivity contribution in [2.45, 2.75) is 58.0 Å². The summed E-state index contributed by atoms with van der Waals surface area (Å²) in [5.41, 5.74) is 0.370. The van der Waals surface area contributed by atoms with Crippen molar-refractivity contribution < 1.29 is 0 Å². The molecule has 2 heteroatoms. The SMILES string of the molecule is CCCC(C)(C)N(C)C1CCN(C)CC1. The van der Waals surface area contributed by atoms with Gasteiger partial charge in [0.05, 0.1) is 0 Å². The zero-order valence-corrected chi connectivity index (χ0v) is 11.2. The van der Waals surface area contributed by atoms with Crippen molar-refractivity contribution in [1.82, 2.24) is 9.80 Å². The first-order chi connectivity index (χ1) is 6.97. The molecule has 1 heterocycles. The molecule has 0 aromatic heterocycles. The fourth-order valence-corrected chi connectivity index (χ4v) is 2.66. The lowest BCUT2D eigenvalue weighted by Gasteiger charge is -2.44. The van der Waals surface area contributed by atoms with E-state index in [-0.39, 0.29) is 0 Å². The Balaban J connectivity index is 2.48. The van der Waals surface area contributed by atoms with Crippen LogP contribution in [-0.4, -0.2) is 48.6 Å². The topological polar surface area (TPSA) is 6.48 Å². The first kappa shape index (κ1) is 13.0. The monoisotopic (exact) mass is 212 g/mol. The molecule has 0 bridgehead atoms. The zero-order valence-electron chi connectivity index (χ0n) is 11.2. The van der Waals surface area contributed by atoms with Crippen LogP contribution in [0.1, 0.15) is 46.5 Å². The molecular weight excluding hydrogens is 184 g/mol. The number of hydrogen-bond acceptors (Lipinski definition) is 2. The van der Waals surface area contributed by atoms with Gasteiger partial charge in [0, 0.05) is 11.6 Å². The van der Waals surface area contributed by atoms with E-state index in [2.05, 4.69) is 44.7 Å². The molecule has 0 spiro atoms. The van der Waals surface area contributed by atoms with Gasteiger partial charge in [0.1, 0.15) is 0 Å². The number of hydrogen-bond donors (Lipinski definition) is 0. The minimum atomic E-state index is 0.370. The largest absolute Gasteiger partial charge is 0.306 e. The predicted molar refractivity (Wildman–Crippen MR) is 67.3 cm³/mol. The molecular formula is C13H28N2. The Hall–Kier alpha value is -0.0800. The maximum atomic E-state index is 2.61. The lowest BCUT2D eigenvalue weighted by Crippen LogP contribution is -2.51. The van der Waals surface area contributed by atoms with E-state index in [0.717, 1.165) is 6.04 Å². The van der Waals surface area contributed by atoms with Gasteiger partial charge in [-0.25, -0.2) is 0 Å². The highest BCUT2D eigenvalue weighted by atomic mass is 15.2. The summed E-state index contributed by atoms with van der Waals surface area (Å²) in [7, 11) is 4.54. The van der Waals surface area contributed by atoms with Gasteiger partial charge in [0.2, 0.25) is 0 Å². The summed E-state index contributed by atoms with van der Waals surface area (Å²) in [5, 5.41) is 0. The van der Waals surface area contributed by atoms with E-state index in [1.54, 1.807) is 0 Å². The van der Waals surface area contributed by atoms with Crippen LogP contribution in [0, 0.1) is 0 Å². The molecule has 0 atom stereocenters. The first-order valence-corrected chi connectivity index (χ1v) is 6.39. The van der Waals surface area contributed by atoms with Crippen LogP contribution in [0.15, 0.2) is 0 Å². The molecule has 0 radical (unpaired) electrons. The highest BCUT2D eigenvalue weighted by Crippen LogP contribution is 2.25. The van der Waals surface area contributed by atoms with Crippen LogP contribution < -0.4 is 0 Å². The summed E-state index contributed by atoms with van der Waals surface area (Å²) in [4.78, 5) is 5.06. The van der Waals surface area contributed by atoms with Crippen molar-refractivity contribution >= 4 is 0 Å². The third-order valence-corrected chi connectivity index (χ3v) is 4.05. The van der Waals surface area contributed by atoms with Crippen LogP contribution >= 0.6 is 0 Å². The Labute approximate surface area is 95.6 Å². The summed E-state index contributed by atoms with van der Waals surface area (Å²) < 4.78 is 0. The Morgan fingerprint density at radius 2 is 1.80 bits per heavy atom. The molecule has 0 aromatic rings. The van der Waals surface area contributed by atoms with E-state index < -0.39 is 0 Å². The van der Waals surface area contributed by atoms with E-state index in [1.807, 2.05) is 0 Å². The number of piperidine rings is 1. The Morgan fingerprint density at radius 1 is 1.27 bits per heavy atom. The van der Waals surface area contributed by atoms with Gasteiger partial charge in [0.15, 0.2) is 0 Å². The molecule has 90 valence electrons. The molecule has 0 unspecified atom stereocenters. The molecule has 0 amide bonds. The van der Waals surface area contributed by atoms with E-state index in [9.17, 15) is 0 Å². The van der Waals surface area contributed by atoms with Gasteiger partial charge >= 0.3 is 0 Å². The van der Waals surface area contributed by atoms with Crippen LogP contribution in [0.3, 0.4) is 0 Å². The van der Waals surface area contributed by atoms with Gasteiger partial charge in [-0.15, -0.1) is 0 Å². The number of nitrogens with zero attached hydrogens (tertiary/aromatic N) is 2. The molecule has 2 nitrogen and oxygen atoms in total. The van der Waals surface area contributed by atoms with Crippen LogP contribution in [-0.2, 0) is 0 Å². The van der Waals surface area contributed by atoms with Crippen LogP contribution in [0.25, 0.3) is 0 Å². The van der Waals surface area contributed by atoms with Crippen molar-refractivity contribution in [3.05, 3.63) is 0 Å². The number of rotatable bonds is 4. The smallest absolute Gasteiger partial charge is 0.0153 e. The normalized spacial score (nSPS) is 21.2. The predicted octanol–water partition coefficient (Wildman–Crippen LogP) is 2.59.